The summed E-state index contributed by atoms with van der Waals surface area (Å²) in [6.07, 6.45) is 2.20. The van der Waals surface area contributed by atoms with Crippen molar-refractivity contribution in [1.82, 2.24) is 25.1 Å². The minimum atomic E-state index is -0.192. The first-order valence-electron chi connectivity index (χ1n) is 7.88. The molecule has 1 aliphatic rings. The molecule has 1 aromatic carbocycles. The van der Waals surface area contributed by atoms with Crippen molar-refractivity contribution in [3.8, 4) is 5.69 Å². The van der Waals surface area contributed by atoms with Gasteiger partial charge < -0.3 is 4.90 Å². The van der Waals surface area contributed by atoms with E-state index in [2.05, 4.69) is 15.5 Å². The van der Waals surface area contributed by atoms with Gasteiger partial charge in [0.15, 0.2) is 0 Å². The molecule has 2 heterocycles. The van der Waals surface area contributed by atoms with Crippen molar-refractivity contribution in [2.75, 3.05) is 13.1 Å². The number of hydrogen-bond donors (Lipinski definition) is 0. The number of tetrazole rings is 1. The molecule has 0 N–H and O–H groups in total. The minimum absolute atomic E-state index is 0.170. The summed E-state index contributed by atoms with van der Waals surface area (Å²) in [5.74, 6) is 0.170. The fourth-order valence-corrected chi connectivity index (χ4v) is 3.81. The van der Waals surface area contributed by atoms with Crippen LogP contribution in [0.1, 0.15) is 30.9 Å². The Morgan fingerprint density at radius 1 is 1.22 bits per heavy atom. The van der Waals surface area contributed by atoms with Gasteiger partial charge in [-0.2, -0.15) is 4.68 Å². The van der Waals surface area contributed by atoms with E-state index in [1.54, 1.807) is 4.68 Å². The quantitative estimate of drug-likeness (QED) is 0.805. The van der Waals surface area contributed by atoms with Gasteiger partial charge in [0.1, 0.15) is 0 Å². The fraction of sp³-hybridized carbons (Fsp3) is 0.500. The maximum absolute atomic E-state index is 12.5. The molecule has 23 heavy (non-hydrogen) atoms. The average Bonchev–Trinajstić information content (AvgIpc) is 3.18. The molecule has 1 unspecified atom stereocenters. The maximum Gasteiger partial charge on any atom is 0.235 e. The van der Waals surface area contributed by atoms with Crippen LogP contribution in [0.2, 0.25) is 0 Å². The van der Waals surface area contributed by atoms with Crippen molar-refractivity contribution >= 4 is 17.7 Å². The van der Waals surface area contributed by atoms with E-state index in [9.17, 15) is 4.79 Å². The molecule has 2 aromatic rings. The van der Waals surface area contributed by atoms with Gasteiger partial charge in [0, 0.05) is 13.1 Å². The molecule has 6 nitrogen and oxygen atoms in total. The predicted octanol–water partition coefficient (Wildman–Crippen LogP) is 2.38. The van der Waals surface area contributed by atoms with Gasteiger partial charge in [-0.15, -0.1) is 5.10 Å². The molecular weight excluding hydrogens is 310 g/mol. The van der Waals surface area contributed by atoms with Gasteiger partial charge >= 0.3 is 0 Å². The smallest absolute Gasteiger partial charge is 0.235 e. The summed E-state index contributed by atoms with van der Waals surface area (Å²) in [6, 6.07) is 6.10. The van der Waals surface area contributed by atoms with Gasteiger partial charge in [-0.25, -0.2) is 0 Å². The first-order chi connectivity index (χ1) is 11.1. The monoisotopic (exact) mass is 331 g/mol. The van der Waals surface area contributed by atoms with E-state index in [0.29, 0.717) is 5.16 Å². The Bertz CT molecular complexity index is 688. The van der Waals surface area contributed by atoms with Crippen molar-refractivity contribution in [2.45, 2.75) is 44.0 Å². The topological polar surface area (TPSA) is 63.9 Å². The molecule has 0 spiro atoms. The third kappa shape index (κ3) is 3.24. The second-order valence-corrected chi connectivity index (χ2v) is 7.21. The standard InChI is InChI=1S/C16H21N5OS/c1-11-7-6-8-12(2)14(11)21-16(17-18-19-21)23-13(3)15(22)20-9-4-5-10-20/h6-8,13H,4-5,9-10H2,1-3H3. The lowest BCUT2D eigenvalue weighted by Crippen LogP contribution is -2.34. The Hall–Kier alpha value is -1.89. The number of rotatable bonds is 4. The van der Waals surface area contributed by atoms with E-state index < -0.39 is 0 Å². The van der Waals surface area contributed by atoms with Gasteiger partial charge in [0.2, 0.25) is 11.1 Å². The number of thioether (sulfide) groups is 1. The Labute approximate surface area is 140 Å². The molecule has 1 amide bonds. The van der Waals surface area contributed by atoms with Crippen LogP contribution in [0.15, 0.2) is 23.4 Å². The van der Waals surface area contributed by atoms with E-state index in [-0.39, 0.29) is 11.2 Å². The molecule has 122 valence electrons. The summed E-state index contributed by atoms with van der Waals surface area (Å²) in [6.45, 7) is 7.74. The van der Waals surface area contributed by atoms with Gasteiger partial charge in [-0.05, 0) is 55.2 Å². The zero-order chi connectivity index (χ0) is 16.4. The summed E-state index contributed by atoms with van der Waals surface area (Å²) in [7, 11) is 0. The Kier molecular flexibility index (Phi) is 4.66. The van der Waals surface area contributed by atoms with Crippen LogP contribution in [0.5, 0.6) is 0 Å². The van der Waals surface area contributed by atoms with Crippen LogP contribution in [0, 0.1) is 13.8 Å². The molecule has 1 fully saturated rings. The number of nitrogens with zero attached hydrogens (tertiary/aromatic N) is 5. The second kappa shape index (κ2) is 6.70. The molecule has 1 aromatic heterocycles. The van der Waals surface area contributed by atoms with E-state index in [0.717, 1.165) is 42.7 Å². The average molecular weight is 331 g/mol. The Morgan fingerprint density at radius 3 is 2.52 bits per heavy atom. The van der Waals surface area contributed by atoms with Crippen LogP contribution in [0.3, 0.4) is 0 Å². The number of hydrogen-bond acceptors (Lipinski definition) is 5. The molecule has 3 rings (SSSR count). The van der Waals surface area contributed by atoms with Crippen molar-refractivity contribution in [3.05, 3.63) is 29.3 Å². The second-order valence-electron chi connectivity index (χ2n) is 5.91. The largest absolute Gasteiger partial charge is 0.342 e. The molecule has 1 aliphatic heterocycles. The number of aryl methyl sites for hydroxylation is 2. The lowest BCUT2D eigenvalue weighted by atomic mass is 10.1. The predicted molar refractivity (Wildman–Crippen MR) is 89.8 cm³/mol. The van der Waals surface area contributed by atoms with Crippen LogP contribution in [0.25, 0.3) is 5.69 Å². The number of aromatic nitrogens is 4. The van der Waals surface area contributed by atoms with Crippen LogP contribution < -0.4 is 0 Å². The lowest BCUT2D eigenvalue weighted by Gasteiger charge is -2.19. The van der Waals surface area contributed by atoms with Gasteiger partial charge in [0.05, 0.1) is 10.9 Å². The van der Waals surface area contributed by atoms with E-state index in [4.69, 9.17) is 0 Å². The SMILES string of the molecule is Cc1cccc(C)c1-n1nnnc1SC(C)C(=O)N1CCCC1. The van der Waals surface area contributed by atoms with Crippen molar-refractivity contribution in [3.63, 3.8) is 0 Å². The first-order valence-corrected chi connectivity index (χ1v) is 8.76. The zero-order valence-electron chi connectivity index (χ0n) is 13.7. The number of carbonyl (C=O) groups excluding carboxylic acids is 1. The molecular formula is C16H21N5OS. The lowest BCUT2D eigenvalue weighted by molar-refractivity contribution is -0.129. The summed E-state index contributed by atoms with van der Waals surface area (Å²) in [4.78, 5) is 14.4. The number of amides is 1. The van der Waals surface area contributed by atoms with Crippen LogP contribution in [-0.4, -0.2) is 49.4 Å². The highest BCUT2D eigenvalue weighted by molar-refractivity contribution is 8.00. The van der Waals surface area contributed by atoms with Gasteiger partial charge in [-0.3, -0.25) is 4.79 Å². The third-order valence-electron chi connectivity index (χ3n) is 4.14. The summed E-state index contributed by atoms with van der Waals surface area (Å²) < 4.78 is 1.74. The molecule has 0 bridgehead atoms. The number of carbonyl (C=O) groups is 1. The van der Waals surface area contributed by atoms with E-state index >= 15 is 0 Å². The van der Waals surface area contributed by atoms with Crippen LogP contribution in [0.4, 0.5) is 0 Å². The highest BCUT2D eigenvalue weighted by Crippen LogP contribution is 2.27. The number of benzene rings is 1. The molecule has 0 radical (unpaired) electrons. The molecule has 1 atom stereocenters. The van der Waals surface area contributed by atoms with Gasteiger partial charge in [0.25, 0.3) is 0 Å². The first kappa shape index (κ1) is 16.0. The summed E-state index contributed by atoms with van der Waals surface area (Å²) >= 11 is 1.42. The summed E-state index contributed by atoms with van der Waals surface area (Å²) in [5.41, 5.74) is 3.20. The zero-order valence-corrected chi connectivity index (χ0v) is 14.5. The molecule has 0 aliphatic carbocycles. The number of para-hydroxylation sites is 1. The molecule has 1 saturated heterocycles. The van der Waals surface area contributed by atoms with Crippen molar-refractivity contribution < 1.29 is 4.79 Å². The van der Waals surface area contributed by atoms with Crippen LogP contribution in [-0.2, 0) is 4.79 Å². The van der Waals surface area contributed by atoms with E-state index in [1.165, 1.54) is 11.8 Å². The Morgan fingerprint density at radius 2 is 1.87 bits per heavy atom. The van der Waals surface area contributed by atoms with E-state index in [1.807, 2.05) is 43.9 Å². The van der Waals surface area contributed by atoms with Crippen LogP contribution >= 0.6 is 11.8 Å². The molecule has 7 heteroatoms. The fourth-order valence-electron chi connectivity index (χ4n) is 2.94. The van der Waals surface area contributed by atoms with Gasteiger partial charge in [-0.1, -0.05) is 30.0 Å². The highest BCUT2D eigenvalue weighted by atomic mass is 32.2. The highest BCUT2D eigenvalue weighted by Gasteiger charge is 2.26. The van der Waals surface area contributed by atoms with Crippen molar-refractivity contribution in [2.24, 2.45) is 0 Å². The minimum Gasteiger partial charge on any atom is -0.342 e. The Balaban J connectivity index is 1.82. The third-order valence-corrected chi connectivity index (χ3v) is 5.16. The summed E-state index contributed by atoms with van der Waals surface area (Å²) in [5, 5.41) is 12.5. The maximum atomic E-state index is 12.5. The van der Waals surface area contributed by atoms with Crippen molar-refractivity contribution in [1.29, 1.82) is 0 Å². The molecule has 0 saturated carbocycles. The normalized spacial score (nSPS) is 15.9. The number of likely N-dealkylation sites (tertiary alicyclic amines) is 1.